The van der Waals surface area contributed by atoms with Crippen LogP contribution in [0.5, 0.6) is 0 Å². The first-order valence-corrected chi connectivity index (χ1v) is 5.76. The van der Waals surface area contributed by atoms with Gasteiger partial charge in [-0.25, -0.2) is 8.78 Å². The zero-order valence-electron chi connectivity index (χ0n) is 9.71. The second-order valence-electron chi connectivity index (χ2n) is 4.61. The summed E-state index contributed by atoms with van der Waals surface area (Å²) in [5.74, 6) is 0.148. The van der Waals surface area contributed by atoms with E-state index in [2.05, 4.69) is 4.90 Å². The Kier molecular flexibility index (Phi) is 3.13. The minimum absolute atomic E-state index is 0.148. The number of hydrogen-bond donors (Lipinski definition) is 0. The molecule has 0 aliphatic carbocycles. The Morgan fingerprint density at radius 3 is 2.25 bits per heavy atom. The molecular weight excluding hydrogens is 208 g/mol. The van der Waals surface area contributed by atoms with Crippen molar-refractivity contribution in [2.24, 2.45) is 0 Å². The molecule has 0 aromatic heterocycles. The summed E-state index contributed by atoms with van der Waals surface area (Å²) in [5, 5.41) is 0. The Morgan fingerprint density at radius 2 is 1.81 bits per heavy atom. The smallest absolute Gasteiger partial charge is 0.264 e. The van der Waals surface area contributed by atoms with E-state index in [-0.39, 0.29) is 11.5 Å². The van der Waals surface area contributed by atoms with Gasteiger partial charge in [0, 0.05) is 24.3 Å². The lowest BCUT2D eigenvalue weighted by atomic mass is 9.96. The molecule has 1 fully saturated rings. The van der Waals surface area contributed by atoms with E-state index in [9.17, 15) is 8.78 Å². The first-order valence-electron chi connectivity index (χ1n) is 5.76. The van der Waals surface area contributed by atoms with E-state index in [0.29, 0.717) is 0 Å². The lowest BCUT2D eigenvalue weighted by Crippen LogP contribution is -2.37. The molecular formula is C13H17F2N. The van der Waals surface area contributed by atoms with Crippen molar-refractivity contribution in [1.82, 2.24) is 0 Å². The topological polar surface area (TPSA) is 3.24 Å². The van der Waals surface area contributed by atoms with Gasteiger partial charge in [0.05, 0.1) is 0 Å². The maximum atomic E-state index is 12.9. The summed E-state index contributed by atoms with van der Waals surface area (Å²) in [6.45, 7) is 5.88. The molecule has 1 aliphatic heterocycles. The van der Waals surface area contributed by atoms with Gasteiger partial charge in [0.1, 0.15) is 0 Å². The van der Waals surface area contributed by atoms with Crippen LogP contribution in [0, 0.1) is 0 Å². The van der Waals surface area contributed by atoms with Gasteiger partial charge in [-0.15, -0.1) is 0 Å². The summed E-state index contributed by atoms with van der Waals surface area (Å²) in [5.41, 5.74) is 1.89. The zero-order chi connectivity index (χ0) is 11.7. The van der Waals surface area contributed by atoms with Crippen LogP contribution in [0.25, 0.3) is 0 Å². The molecule has 1 saturated heterocycles. The summed E-state index contributed by atoms with van der Waals surface area (Å²) in [7, 11) is 0. The van der Waals surface area contributed by atoms with Crippen LogP contribution in [0.2, 0.25) is 0 Å². The molecule has 0 radical (unpaired) electrons. The molecule has 0 bridgehead atoms. The van der Waals surface area contributed by atoms with Gasteiger partial charge in [0.15, 0.2) is 0 Å². The molecule has 3 heteroatoms. The number of nitrogens with zero attached hydrogens (tertiary/aromatic N) is 1. The highest BCUT2D eigenvalue weighted by atomic mass is 19.3. The monoisotopic (exact) mass is 225 g/mol. The molecule has 1 aromatic rings. The van der Waals surface area contributed by atoms with Crippen LogP contribution in [-0.2, 0) is 0 Å². The average molecular weight is 225 g/mol. The van der Waals surface area contributed by atoms with Crippen molar-refractivity contribution in [2.75, 3.05) is 18.0 Å². The number of rotatable bonds is 3. The van der Waals surface area contributed by atoms with Crippen molar-refractivity contribution >= 4 is 5.69 Å². The van der Waals surface area contributed by atoms with Crippen LogP contribution in [0.3, 0.4) is 0 Å². The van der Waals surface area contributed by atoms with E-state index in [1.807, 2.05) is 26.0 Å². The third kappa shape index (κ3) is 2.04. The highest BCUT2D eigenvalue weighted by Crippen LogP contribution is 2.33. The summed E-state index contributed by atoms with van der Waals surface area (Å²) in [4.78, 5) is 2.13. The summed E-state index contributed by atoms with van der Waals surface area (Å²) in [6, 6.07) is 5.46. The van der Waals surface area contributed by atoms with Gasteiger partial charge in [-0.3, -0.25) is 0 Å². The average Bonchev–Trinajstić information content (AvgIpc) is 2.14. The number of hydrogen-bond acceptors (Lipinski definition) is 1. The number of alkyl halides is 2. The van der Waals surface area contributed by atoms with Gasteiger partial charge in [0.25, 0.3) is 6.43 Å². The first kappa shape index (κ1) is 11.4. The largest absolute Gasteiger partial charge is 0.371 e. The number of benzene rings is 1. The minimum Gasteiger partial charge on any atom is -0.371 e. The maximum absolute atomic E-state index is 12.9. The molecule has 1 aromatic carbocycles. The van der Waals surface area contributed by atoms with Crippen molar-refractivity contribution in [3.8, 4) is 0 Å². The second-order valence-corrected chi connectivity index (χ2v) is 4.61. The van der Waals surface area contributed by atoms with Crippen molar-refractivity contribution in [3.05, 3.63) is 29.3 Å². The van der Waals surface area contributed by atoms with Crippen molar-refractivity contribution in [1.29, 1.82) is 0 Å². The molecule has 0 saturated carbocycles. The molecule has 2 rings (SSSR count). The molecule has 0 spiro atoms. The summed E-state index contributed by atoms with van der Waals surface area (Å²) >= 11 is 0. The Hall–Kier alpha value is -1.12. The standard InChI is InChI=1S/C13H17F2N/c1-9(2)11-5-4-10(16-6-3-7-16)8-12(11)13(14)15/h4-5,8-9,13H,3,6-7H2,1-2H3. The molecule has 0 atom stereocenters. The molecule has 0 unspecified atom stereocenters. The van der Waals surface area contributed by atoms with E-state index >= 15 is 0 Å². The van der Waals surface area contributed by atoms with E-state index in [1.165, 1.54) is 0 Å². The Labute approximate surface area is 95.1 Å². The van der Waals surface area contributed by atoms with Gasteiger partial charge in [-0.2, -0.15) is 0 Å². The second kappa shape index (κ2) is 4.40. The van der Waals surface area contributed by atoms with Crippen LogP contribution >= 0.6 is 0 Å². The maximum Gasteiger partial charge on any atom is 0.264 e. The van der Waals surface area contributed by atoms with Gasteiger partial charge in [0.2, 0.25) is 0 Å². The SMILES string of the molecule is CC(C)c1ccc(N2CCC2)cc1C(F)F. The van der Waals surface area contributed by atoms with E-state index in [0.717, 1.165) is 30.8 Å². The van der Waals surface area contributed by atoms with E-state index < -0.39 is 6.43 Å². The molecule has 88 valence electrons. The molecule has 1 aliphatic rings. The fourth-order valence-corrected chi connectivity index (χ4v) is 2.05. The van der Waals surface area contributed by atoms with E-state index in [1.54, 1.807) is 6.07 Å². The lowest BCUT2D eigenvalue weighted by Gasteiger charge is -2.33. The van der Waals surface area contributed by atoms with Crippen LogP contribution in [-0.4, -0.2) is 13.1 Å². The van der Waals surface area contributed by atoms with Gasteiger partial charge >= 0.3 is 0 Å². The van der Waals surface area contributed by atoms with Gasteiger partial charge in [-0.1, -0.05) is 19.9 Å². The predicted octanol–water partition coefficient (Wildman–Crippen LogP) is 3.96. The molecule has 16 heavy (non-hydrogen) atoms. The number of anilines is 1. The van der Waals surface area contributed by atoms with Crippen LogP contribution < -0.4 is 4.90 Å². The highest BCUT2D eigenvalue weighted by molar-refractivity contribution is 5.53. The van der Waals surface area contributed by atoms with Crippen molar-refractivity contribution < 1.29 is 8.78 Å². The zero-order valence-corrected chi connectivity index (χ0v) is 9.71. The molecule has 1 nitrogen and oxygen atoms in total. The summed E-state index contributed by atoms with van der Waals surface area (Å²) < 4.78 is 25.9. The normalized spacial score (nSPS) is 15.8. The van der Waals surface area contributed by atoms with Crippen LogP contribution in [0.15, 0.2) is 18.2 Å². The molecule has 0 amide bonds. The van der Waals surface area contributed by atoms with Crippen LogP contribution in [0.4, 0.5) is 14.5 Å². The summed E-state index contributed by atoms with van der Waals surface area (Å²) in [6.07, 6.45) is -1.21. The lowest BCUT2D eigenvalue weighted by molar-refractivity contribution is 0.150. The van der Waals surface area contributed by atoms with Crippen molar-refractivity contribution in [3.63, 3.8) is 0 Å². The fraction of sp³-hybridized carbons (Fsp3) is 0.538. The predicted molar refractivity (Wildman–Crippen MR) is 62.3 cm³/mol. The Balaban J connectivity index is 2.35. The van der Waals surface area contributed by atoms with Gasteiger partial charge in [-0.05, 0) is 30.0 Å². The third-order valence-corrected chi connectivity index (χ3v) is 3.15. The Morgan fingerprint density at radius 1 is 1.12 bits per heavy atom. The molecule has 0 N–H and O–H groups in total. The third-order valence-electron chi connectivity index (χ3n) is 3.15. The highest BCUT2D eigenvalue weighted by Gasteiger charge is 2.20. The Bertz CT molecular complexity index is 370. The van der Waals surface area contributed by atoms with Crippen molar-refractivity contribution in [2.45, 2.75) is 32.6 Å². The van der Waals surface area contributed by atoms with Crippen LogP contribution in [0.1, 0.15) is 43.7 Å². The molecule has 1 heterocycles. The fourth-order valence-electron chi connectivity index (χ4n) is 2.05. The van der Waals surface area contributed by atoms with Gasteiger partial charge < -0.3 is 4.90 Å². The number of halogens is 2. The quantitative estimate of drug-likeness (QED) is 0.752. The minimum atomic E-state index is -2.38. The van der Waals surface area contributed by atoms with E-state index in [4.69, 9.17) is 0 Å². The first-order chi connectivity index (χ1) is 7.59.